The third-order valence-electron chi connectivity index (χ3n) is 5.80. The van der Waals surface area contributed by atoms with Gasteiger partial charge in [-0.2, -0.15) is 0 Å². The van der Waals surface area contributed by atoms with E-state index in [1.165, 1.54) is 12.1 Å². The molecule has 0 fully saturated rings. The standard InChI is InChI=1S/C24H28FN5O4/c1-33-8-7-27-24-26-6-5-21(28-24)18-10-22-23(32)30(20(15-34-2)13-29(22)11-18)12-17-9-19(25)4-3-16(17)14-31/h3-6,9-11,20,31H,7-8,12-15H2,1-2H3,(H,26,27,28). The monoisotopic (exact) mass is 469 g/mol. The Bertz CT molecular complexity index is 1150. The van der Waals surface area contributed by atoms with Gasteiger partial charge in [0.1, 0.15) is 11.5 Å². The molecule has 34 heavy (non-hydrogen) atoms. The molecule has 0 aliphatic carbocycles. The van der Waals surface area contributed by atoms with Crippen molar-refractivity contribution in [2.24, 2.45) is 0 Å². The van der Waals surface area contributed by atoms with Crippen molar-refractivity contribution < 1.29 is 23.8 Å². The molecule has 0 spiro atoms. The second-order valence-corrected chi connectivity index (χ2v) is 8.06. The highest BCUT2D eigenvalue weighted by molar-refractivity contribution is 5.95. The van der Waals surface area contributed by atoms with Crippen molar-refractivity contribution in [2.75, 3.05) is 39.3 Å². The van der Waals surface area contributed by atoms with Crippen LogP contribution in [0, 0.1) is 5.82 Å². The highest BCUT2D eigenvalue weighted by Gasteiger charge is 2.33. The molecule has 2 aromatic heterocycles. The fraction of sp³-hybridized carbons (Fsp3) is 0.375. The second-order valence-electron chi connectivity index (χ2n) is 8.06. The van der Waals surface area contributed by atoms with E-state index in [1.807, 2.05) is 10.8 Å². The number of rotatable bonds is 10. The number of aliphatic hydroxyl groups excluding tert-OH is 1. The largest absolute Gasteiger partial charge is 0.392 e. The highest BCUT2D eigenvalue weighted by Crippen LogP contribution is 2.28. The summed E-state index contributed by atoms with van der Waals surface area (Å²) in [7, 11) is 3.21. The van der Waals surface area contributed by atoms with Gasteiger partial charge in [-0.3, -0.25) is 4.79 Å². The average molecular weight is 470 g/mol. The number of aliphatic hydroxyl groups is 1. The van der Waals surface area contributed by atoms with E-state index in [2.05, 4.69) is 15.3 Å². The first-order valence-electron chi connectivity index (χ1n) is 11.0. The van der Waals surface area contributed by atoms with Crippen LogP contribution in [0.2, 0.25) is 0 Å². The minimum Gasteiger partial charge on any atom is -0.392 e. The summed E-state index contributed by atoms with van der Waals surface area (Å²) in [6.07, 6.45) is 3.56. The van der Waals surface area contributed by atoms with E-state index in [0.29, 0.717) is 54.8 Å². The predicted octanol–water partition coefficient (Wildman–Crippen LogP) is 2.31. The van der Waals surface area contributed by atoms with Gasteiger partial charge in [-0.05, 0) is 35.4 Å². The van der Waals surface area contributed by atoms with Gasteiger partial charge in [0, 0.05) is 51.8 Å². The molecule has 0 saturated heterocycles. The zero-order chi connectivity index (χ0) is 24.1. The van der Waals surface area contributed by atoms with Crippen LogP contribution in [0.3, 0.4) is 0 Å². The molecule has 4 rings (SSSR count). The minimum absolute atomic E-state index is 0.169. The molecule has 3 aromatic rings. The lowest BCUT2D eigenvalue weighted by Gasteiger charge is -2.36. The number of anilines is 1. The fourth-order valence-corrected chi connectivity index (χ4v) is 4.10. The molecule has 3 heterocycles. The van der Waals surface area contributed by atoms with Gasteiger partial charge in [-0.15, -0.1) is 0 Å². The second kappa shape index (κ2) is 10.7. The van der Waals surface area contributed by atoms with Gasteiger partial charge in [-0.25, -0.2) is 14.4 Å². The minimum atomic E-state index is -0.413. The normalized spacial score (nSPS) is 15.5. The van der Waals surface area contributed by atoms with Crippen molar-refractivity contribution in [3.05, 3.63) is 65.4 Å². The van der Waals surface area contributed by atoms with E-state index in [4.69, 9.17) is 9.47 Å². The van der Waals surface area contributed by atoms with Crippen LogP contribution in [0.5, 0.6) is 0 Å². The molecule has 10 heteroatoms. The van der Waals surface area contributed by atoms with E-state index in [-0.39, 0.29) is 25.1 Å². The molecule has 0 radical (unpaired) electrons. The third-order valence-corrected chi connectivity index (χ3v) is 5.80. The van der Waals surface area contributed by atoms with Crippen molar-refractivity contribution in [2.45, 2.75) is 25.7 Å². The maximum Gasteiger partial charge on any atom is 0.271 e. The fourth-order valence-electron chi connectivity index (χ4n) is 4.10. The molecule has 1 aliphatic heterocycles. The van der Waals surface area contributed by atoms with Gasteiger partial charge >= 0.3 is 0 Å². The van der Waals surface area contributed by atoms with E-state index in [0.717, 1.165) is 5.56 Å². The summed E-state index contributed by atoms with van der Waals surface area (Å²) in [6.45, 7) is 1.88. The van der Waals surface area contributed by atoms with E-state index in [9.17, 15) is 14.3 Å². The van der Waals surface area contributed by atoms with Crippen LogP contribution in [0.1, 0.15) is 21.6 Å². The van der Waals surface area contributed by atoms with Crippen LogP contribution >= 0.6 is 0 Å². The molecular weight excluding hydrogens is 441 g/mol. The quantitative estimate of drug-likeness (QED) is 0.440. The Morgan fingerprint density at radius 2 is 2.06 bits per heavy atom. The number of amides is 1. The van der Waals surface area contributed by atoms with Gasteiger partial charge in [0.05, 0.1) is 31.6 Å². The van der Waals surface area contributed by atoms with Crippen LogP contribution in [0.4, 0.5) is 10.3 Å². The van der Waals surface area contributed by atoms with Crippen LogP contribution in [-0.2, 0) is 29.2 Å². The highest BCUT2D eigenvalue weighted by atomic mass is 19.1. The number of carbonyl (C=O) groups excluding carboxylic acids is 1. The van der Waals surface area contributed by atoms with E-state index < -0.39 is 5.82 Å². The Morgan fingerprint density at radius 1 is 1.21 bits per heavy atom. The molecule has 1 atom stereocenters. The summed E-state index contributed by atoms with van der Waals surface area (Å²) in [5.41, 5.74) is 3.14. The van der Waals surface area contributed by atoms with Crippen LogP contribution in [0.15, 0.2) is 42.7 Å². The molecule has 1 aromatic carbocycles. The number of nitrogens with zero attached hydrogens (tertiary/aromatic N) is 4. The lowest BCUT2D eigenvalue weighted by molar-refractivity contribution is 0.0386. The number of aromatic nitrogens is 3. The van der Waals surface area contributed by atoms with Crippen LogP contribution in [-0.4, -0.2) is 70.5 Å². The molecule has 1 amide bonds. The lowest BCUT2D eigenvalue weighted by Crippen LogP contribution is -2.49. The topological polar surface area (TPSA) is 102 Å². The van der Waals surface area contributed by atoms with Crippen LogP contribution in [0.25, 0.3) is 11.3 Å². The molecule has 1 unspecified atom stereocenters. The Kier molecular flexibility index (Phi) is 7.51. The first-order chi connectivity index (χ1) is 16.5. The first kappa shape index (κ1) is 23.8. The Morgan fingerprint density at radius 3 is 2.82 bits per heavy atom. The summed E-state index contributed by atoms with van der Waals surface area (Å²) in [5.74, 6) is -0.129. The number of carbonyl (C=O) groups is 1. The van der Waals surface area contributed by atoms with Crippen molar-refractivity contribution in [1.29, 1.82) is 0 Å². The van der Waals surface area contributed by atoms with E-state index >= 15 is 0 Å². The number of halogens is 1. The maximum absolute atomic E-state index is 13.9. The smallest absolute Gasteiger partial charge is 0.271 e. The predicted molar refractivity (Wildman–Crippen MR) is 124 cm³/mol. The summed E-state index contributed by atoms with van der Waals surface area (Å²) in [5, 5.41) is 12.8. The van der Waals surface area contributed by atoms with E-state index in [1.54, 1.807) is 43.5 Å². The maximum atomic E-state index is 13.9. The van der Waals surface area contributed by atoms with Gasteiger partial charge in [-0.1, -0.05) is 6.07 Å². The summed E-state index contributed by atoms with van der Waals surface area (Å²) in [6, 6.07) is 7.55. The molecule has 2 N–H and O–H groups in total. The Balaban J connectivity index is 1.62. The van der Waals surface area contributed by atoms with Crippen molar-refractivity contribution in [1.82, 2.24) is 19.4 Å². The third kappa shape index (κ3) is 5.09. The number of ether oxygens (including phenoxy) is 2. The zero-order valence-electron chi connectivity index (χ0n) is 19.2. The number of hydrogen-bond acceptors (Lipinski definition) is 7. The molecule has 0 saturated carbocycles. The lowest BCUT2D eigenvalue weighted by atomic mass is 10.0. The first-order valence-corrected chi connectivity index (χ1v) is 11.0. The summed E-state index contributed by atoms with van der Waals surface area (Å²) in [4.78, 5) is 24.0. The number of nitrogens with one attached hydrogen (secondary N) is 1. The Labute approximate surface area is 197 Å². The van der Waals surface area contributed by atoms with Crippen molar-refractivity contribution in [3.63, 3.8) is 0 Å². The number of hydrogen-bond donors (Lipinski definition) is 2. The SMILES string of the molecule is COCCNc1nccc(-c2cc3n(c2)CC(COC)N(Cc2cc(F)ccc2CO)C3=O)n1. The molecule has 0 bridgehead atoms. The van der Waals surface area contributed by atoms with Crippen molar-refractivity contribution in [3.8, 4) is 11.3 Å². The summed E-state index contributed by atoms with van der Waals surface area (Å²) >= 11 is 0. The summed E-state index contributed by atoms with van der Waals surface area (Å²) < 4.78 is 26.2. The van der Waals surface area contributed by atoms with Gasteiger partial charge in [0.25, 0.3) is 5.91 Å². The number of fused-ring (bicyclic) bond motifs is 1. The number of methoxy groups -OCH3 is 2. The molecule has 1 aliphatic rings. The zero-order valence-corrected chi connectivity index (χ0v) is 19.2. The Hall–Kier alpha value is -3.34. The van der Waals surface area contributed by atoms with Gasteiger partial charge < -0.3 is 29.4 Å². The van der Waals surface area contributed by atoms with Gasteiger partial charge in [0.2, 0.25) is 5.95 Å². The van der Waals surface area contributed by atoms with Crippen molar-refractivity contribution >= 4 is 11.9 Å². The molecular formula is C24H28FN5O4. The molecule has 9 nitrogen and oxygen atoms in total. The molecule has 180 valence electrons. The van der Waals surface area contributed by atoms with Gasteiger partial charge in [0.15, 0.2) is 0 Å². The number of benzene rings is 1. The average Bonchev–Trinajstić information content (AvgIpc) is 3.27. The van der Waals surface area contributed by atoms with Crippen LogP contribution < -0.4 is 5.32 Å².